The molecule has 6 nitrogen and oxygen atoms in total. The van der Waals surface area contributed by atoms with E-state index in [4.69, 9.17) is 0 Å². The number of hydrogen-bond donors (Lipinski definition) is 1. The molecule has 2 aromatic carbocycles. The van der Waals surface area contributed by atoms with Gasteiger partial charge in [0.25, 0.3) is 0 Å². The van der Waals surface area contributed by atoms with E-state index in [-0.39, 0.29) is 23.2 Å². The van der Waals surface area contributed by atoms with Crippen LogP contribution in [0.2, 0.25) is 0 Å². The topological polar surface area (TPSA) is 61.4 Å². The minimum Gasteiger partial charge on any atom is -0.366 e. The van der Waals surface area contributed by atoms with E-state index in [1.165, 1.54) is 30.2 Å². The van der Waals surface area contributed by atoms with E-state index >= 15 is 0 Å². The molecule has 0 radical (unpaired) electrons. The summed E-state index contributed by atoms with van der Waals surface area (Å²) >= 11 is 1.26. The Balaban J connectivity index is 1.32. The number of amides is 1. The van der Waals surface area contributed by atoms with Gasteiger partial charge in [-0.05, 0) is 36.8 Å². The zero-order chi connectivity index (χ0) is 22.5. The molecule has 1 fully saturated rings. The number of nitrogens with one attached hydrogen (secondary N) is 1. The van der Waals surface area contributed by atoms with Crippen LogP contribution in [-0.4, -0.2) is 47.8 Å². The molecule has 0 spiro atoms. The van der Waals surface area contributed by atoms with Crippen molar-refractivity contribution in [2.45, 2.75) is 11.9 Å². The van der Waals surface area contributed by atoms with E-state index in [0.717, 1.165) is 11.4 Å². The third-order valence-corrected chi connectivity index (χ3v) is 6.10. The number of piperazine rings is 1. The van der Waals surface area contributed by atoms with Gasteiger partial charge in [0.1, 0.15) is 28.8 Å². The Kier molecular flexibility index (Phi) is 6.84. The number of carbonyl (C=O) groups is 1. The first kappa shape index (κ1) is 22.0. The summed E-state index contributed by atoms with van der Waals surface area (Å²) in [5.74, 6) is -0.116. The van der Waals surface area contributed by atoms with Crippen LogP contribution in [0, 0.1) is 18.6 Å². The molecule has 1 aromatic heterocycles. The van der Waals surface area contributed by atoms with Crippen molar-refractivity contribution < 1.29 is 13.6 Å². The fraction of sp³-hybridized carbons (Fsp3) is 0.261. The second kappa shape index (κ2) is 9.95. The number of para-hydroxylation sites is 1. The maximum absolute atomic E-state index is 14.0. The summed E-state index contributed by atoms with van der Waals surface area (Å²) in [4.78, 5) is 24.9. The Labute approximate surface area is 189 Å². The summed E-state index contributed by atoms with van der Waals surface area (Å²) in [6, 6.07) is 13.3. The van der Waals surface area contributed by atoms with E-state index < -0.39 is 5.82 Å². The van der Waals surface area contributed by atoms with Gasteiger partial charge >= 0.3 is 0 Å². The lowest BCUT2D eigenvalue weighted by atomic mass is 10.2. The summed E-state index contributed by atoms with van der Waals surface area (Å²) in [5, 5.41) is 3.24. The highest BCUT2D eigenvalue weighted by Gasteiger charge is 2.20. The number of hydrogen-bond acceptors (Lipinski definition) is 6. The van der Waals surface area contributed by atoms with Crippen molar-refractivity contribution in [1.29, 1.82) is 0 Å². The summed E-state index contributed by atoms with van der Waals surface area (Å²) < 4.78 is 28.0. The van der Waals surface area contributed by atoms with E-state index in [0.29, 0.717) is 36.9 Å². The zero-order valence-corrected chi connectivity index (χ0v) is 18.4. The second-order valence-electron chi connectivity index (χ2n) is 7.46. The zero-order valence-electron chi connectivity index (χ0n) is 17.6. The van der Waals surface area contributed by atoms with E-state index in [2.05, 4.69) is 20.2 Å². The molecule has 32 heavy (non-hydrogen) atoms. The maximum atomic E-state index is 14.0. The van der Waals surface area contributed by atoms with E-state index in [1.54, 1.807) is 31.2 Å². The number of halogens is 2. The van der Waals surface area contributed by atoms with Crippen LogP contribution in [0.25, 0.3) is 0 Å². The molecule has 1 N–H and O–H groups in total. The van der Waals surface area contributed by atoms with E-state index in [1.807, 2.05) is 17.0 Å². The predicted molar refractivity (Wildman–Crippen MR) is 123 cm³/mol. The van der Waals surface area contributed by atoms with Gasteiger partial charge in [0.2, 0.25) is 5.91 Å². The van der Waals surface area contributed by atoms with Gasteiger partial charge in [-0.3, -0.25) is 4.79 Å². The SMILES string of the molecule is Cc1ccc(NC(=O)CSc2cc(N3CCN(c4ccccc4F)CC3)ncn2)c(F)c1. The van der Waals surface area contributed by atoms with Crippen molar-refractivity contribution in [1.82, 2.24) is 9.97 Å². The highest BCUT2D eigenvalue weighted by atomic mass is 32.2. The molecule has 3 aromatic rings. The number of anilines is 3. The fourth-order valence-electron chi connectivity index (χ4n) is 3.51. The second-order valence-corrected chi connectivity index (χ2v) is 8.46. The Morgan fingerprint density at radius 3 is 2.50 bits per heavy atom. The Morgan fingerprint density at radius 1 is 1.00 bits per heavy atom. The van der Waals surface area contributed by atoms with Crippen LogP contribution in [0.3, 0.4) is 0 Å². The number of benzene rings is 2. The molecule has 166 valence electrons. The molecule has 0 aliphatic carbocycles. The van der Waals surface area contributed by atoms with Crippen LogP contribution in [0.5, 0.6) is 0 Å². The summed E-state index contributed by atoms with van der Waals surface area (Å²) in [7, 11) is 0. The number of rotatable bonds is 6. The Hall–Kier alpha value is -3.20. The highest BCUT2D eigenvalue weighted by molar-refractivity contribution is 7.99. The molecule has 4 rings (SSSR count). The molecular formula is C23H23F2N5OS. The predicted octanol–water partition coefficient (Wildman–Crippen LogP) is 4.12. The molecule has 1 amide bonds. The van der Waals surface area contributed by atoms with Crippen molar-refractivity contribution in [3.8, 4) is 0 Å². The van der Waals surface area contributed by atoms with Gasteiger partial charge in [0, 0.05) is 32.2 Å². The van der Waals surface area contributed by atoms with Crippen molar-refractivity contribution in [3.05, 3.63) is 72.1 Å². The number of carbonyl (C=O) groups excluding carboxylic acids is 1. The minimum atomic E-state index is -0.456. The van der Waals surface area contributed by atoms with Gasteiger partial charge in [-0.2, -0.15) is 0 Å². The lowest BCUT2D eigenvalue weighted by Gasteiger charge is -2.36. The van der Waals surface area contributed by atoms with Crippen LogP contribution in [-0.2, 0) is 4.79 Å². The van der Waals surface area contributed by atoms with Crippen LogP contribution in [0.15, 0.2) is 59.9 Å². The average molecular weight is 456 g/mol. The van der Waals surface area contributed by atoms with Crippen molar-refractivity contribution >= 4 is 34.9 Å². The monoisotopic (exact) mass is 455 g/mol. The largest absolute Gasteiger partial charge is 0.366 e. The molecule has 9 heteroatoms. The van der Waals surface area contributed by atoms with Crippen molar-refractivity contribution in [2.24, 2.45) is 0 Å². The lowest BCUT2D eigenvalue weighted by molar-refractivity contribution is -0.113. The number of nitrogens with zero attached hydrogens (tertiary/aromatic N) is 4. The van der Waals surface area contributed by atoms with Gasteiger partial charge < -0.3 is 15.1 Å². The van der Waals surface area contributed by atoms with Crippen molar-refractivity contribution in [3.63, 3.8) is 0 Å². The van der Waals surface area contributed by atoms with Gasteiger partial charge in [0.05, 0.1) is 17.1 Å². The first-order valence-corrected chi connectivity index (χ1v) is 11.2. The number of aromatic nitrogens is 2. The van der Waals surface area contributed by atoms with Crippen molar-refractivity contribution in [2.75, 3.05) is 47.0 Å². The molecule has 0 saturated carbocycles. The molecule has 0 bridgehead atoms. The van der Waals surface area contributed by atoms with Crippen LogP contribution < -0.4 is 15.1 Å². The molecular weight excluding hydrogens is 432 g/mol. The molecule has 1 aliphatic heterocycles. The maximum Gasteiger partial charge on any atom is 0.234 e. The summed E-state index contributed by atoms with van der Waals surface area (Å²) in [6.45, 7) is 4.54. The molecule has 0 atom stereocenters. The van der Waals surface area contributed by atoms with Gasteiger partial charge in [-0.15, -0.1) is 0 Å². The van der Waals surface area contributed by atoms with Crippen LogP contribution in [0.1, 0.15) is 5.56 Å². The third kappa shape index (κ3) is 5.34. The van der Waals surface area contributed by atoms with Gasteiger partial charge in [-0.25, -0.2) is 18.7 Å². The molecule has 0 unspecified atom stereocenters. The lowest BCUT2D eigenvalue weighted by Crippen LogP contribution is -2.47. The standard InChI is InChI=1S/C23H23F2N5OS/c1-16-6-7-19(18(25)12-16)28-22(31)14-32-23-13-21(26-15-27-23)30-10-8-29(9-11-30)20-5-3-2-4-17(20)24/h2-7,12-13,15H,8-11,14H2,1H3,(H,28,31). The number of thioether (sulfide) groups is 1. The normalized spacial score (nSPS) is 13.8. The fourth-order valence-corrected chi connectivity index (χ4v) is 4.18. The highest BCUT2D eigenvalue weighted by Crippen LogP contribution is 2.24. The number of aryl methyl sites for hydroxylation is 1. The van der Waals surface area contributed by atoms with Gasteiger partial charge in [0.15, 0.2) is 0 Å². The Bertz CT molecular complexity index is 1110. The van der Waals surface area contributed by atoms with E-state index in [9.17, 15) is 13.6 Å². The minimum absolute atomic E-state index is 0.102. The quantitative estimate of drug-likeness (QED) is 0.446. The first-order valence-electron chi connectivity index (χ1n) is 10.2. The van der Waals surface area contributed by atoms with Gasteiger partial charge in [-0.1, -0.05) is 30.0 Å². The van der Waals surface area contributed by atoms with Crippen LogP contribution in [0.4, 0.5) is 26.0 Å². The summed E-state index contributed by atoms with van der Waals surface area (Å²) in [5.41, 5.74) is 1.57. The Morgan fingerprint density at radius 2 is 1.75 bits per heavy atom. The molecule has 1 aliphatic rings. The molecule has 1 saturated heterocycles. The molecule has 2 heterocycles. The summed E-state index contributed by atoms with van der Waals surface area (Å²) in [6.07, 6.45) is 1.47. The first-order chi connectivity index (χ1) is 15.5. The van der Waals surface area contributed by atoms with Crippen LogP contribution >= 0.6 is 11.8 Å². The smallest absolute Gasteiger partial charge is 0.234 e. The third-order valence-electron chi connectivity index (χ3n) is 5.17. The average Bonchev–Trinajstić information content (AvgIpc) is 2.80.